The van der Waals surface area contributed by atoms with Crippen LogP contribution in [0.5, 0.6) is 0 Å². The Balaban J connectivity index is 1.88. The van der Waals surface area contributed by atoms with Gasteiger partial charge < -0.3 is 11.1 Å². The fraction of sp³-hybridized carbons (Fsp3) is 0.333. The molecule has 1 fully saturated rings. The van der Waals surface area contributed by atoms with Crippen LogP contribution in [0.15, 0.2) is 30.5 Å². The minimum absolute atomic E-state index is 0.00664. The van der Waals surface area contributed by atoms with Gasteiger partial charge in [0.2, 0.25) is 5.91 Å². The van der Waals surface area contributed by atoms with Crippen molar-refractivity contribution in [1.82, 2.24) is 4.98 Å². The van der Waals surface area contributed by atoms with Gasteiger partial charge in [0, 0.05) is 28.6 Å². The molecule has 2 atom stereocenters. The molecule has 3 rings (SSSR count). The number of rotatable bonds is 2. The predicted molar refractivity (Wildman–Crippen MR) is 80.7 cm³/mol. The maximum Gasteiger partial charge on any atom is 0.227 e. The summed E-state index contributed by atoms with van der Waals surface area (Å²) in [6.07, 6.45) is 4.21. The summed E-state index contributed by atoms with van der Waals surface area (Å²) in [7, 11) is 0. The van der Waals surface area contributed by atoms with Crippen molar-refractivity contribution >= 4 is 34.1 Å². The monoisotopic (exact) mass is 289 g/mol. The summed E-state index contributed by atoms with van der Waals surface area (Å²) in [6, 6.07) is 7.49. The maximum atomic E-state index is 12.3. The molecule has 2 unspecified atom stereocenters. The summed E-state index contributed by atoms with van der Waals surface area (Å²) >= 11 is 6.09. The Hall–Kier alpha value is -1.65. The van der Waals surface area contributed by atoms with Crippen molar-refractivity contribution in [3.8, 4) is 0 Å². The van der Waals surface area contributed by atoms with Gasteiger partial charge in [-0.25, -0.2) is 0 Å². The van der Waals surface area contributed by atoms with Gasteiger partial charge in [-0.2, -0.15) is 0 Å². The minimum atomic E-state index is -0.0113. The van der Waals surface area contributed by atoms with E-state index in [9.17, 15) is 4.79 Å². The first kappa shape index (κ1) is 13.3. The molecule has 0 radical (unpaired) electrons. The molecule has 1 saturated carbocycles. The fourth-order valence-electron chi connectivity index (χ4n) is 2.74. The van der Waals surface area contributed by atoms with Crippen molar-refractivity contribution in [2.45, 2.75) is 25.3 Å². The first-order valence-corrected chi connectivity index (χ1v) is 7.12. The van der Waals surface area contributed by atoms with Crippen LogP contribution in [-0.2, 0) is 4.79 Å². The molecule has 104 valence electrons. The van der Waals surface area contributed by atoms with Crippen molar-refractivity contribution in [2.75, 3.05) is 5.32 Å². The fourth-order valence-corrected chi connectivity index (χ4v) is 2.97. The number of amides is 1. The standard InChI is InChI=1S/C15H16ClN3O/c16-11-6-9-2-1-5-18-14(9)13(8-11)19-15(20)10-3-4-12(17)7-10/h1-2,5-6,8,10,12H,3-4,7,17H2,(H,19,20). The lowest BCUT2D eigenvalue weighted by atomic mass is 10.1. The van der Waals surface area contributed by atoms with Crippen LogP contribution in [0.4, 0.5) is 5.69 Å². The first-order chi connectivity index (χ1) is 9.63. The highest BCUT2D eigenvalue weighted by Crippen LogP contribution is 2.29. The number of nitrogens with zero attached hydrogens (tertiary/aromatic N) is 1. The van der Waals surface area contributed by atoms with Crippen molar-refractivity contribution in [1.29, 1.82) is 0 Å². The molecular weight excluding hydrogens is 274 g/mol. The molecule has 3 N–H and O–H groups in total. The number of hydrogen-bond donors (Lipinski definition) is 2. The van der Waals surface area contributed by atoms with Crippen LogP contribution in [0, 0.1) is 5.92 Å². The smallest absolute Gasteiger partial charge is 0.227 e. The largest absolute Gasteiger partial charge is 0.328 e. The highest BCUT2D eigenvalue weighted by molar-refractivity contribution is 6.32. The maximum absolute atomic E-state index is 12.3. The summed E-state index contributed by atoms with van der Waals surface area (Å²) in [4.78, 5) is 16.6. The molecule has 1 aliphatic carbocycles. The zero-order valence-electron chi connectivity index (χ0n) is 11.0. The average Bonchev–Trinajstić information content (AvgIpc) is 2.85. The van der Waals surface area contributed by atoms with E-state index in [2.05, 4.69) is 10.3 Å². The zero-order chi connectivity index (χ0) is 14.1. The second-order valence-electron chi connectivity index (χ2n) is 5.29. The second kappa shape index (κ2) is 5.38. The van der Waals surface area contributed by atoms with Gasteiger partial charge in [0.1, 0.15) is 0 Å². The van der Waals surface area contributed by atoms with E-state index in [1.54, 1.807) is 12.3 Å². The van der Waals surface area contributed by atoms with E-state index in [0.717, 1.165) is 30.2 Å². The molecule has 1 aliphatic rings. The Morgan fingerprint density at radius 3 is 3.00 bits per heavy atom. The number of nitrogens with one attached hydrogen (secondary N) is 1. The quantitative estimate of drug-likeness (QED) is 0.893. The zero-order valence-corrected chi connectivity index (χ0v) is 11.7. The van der Waals surface area contributed by atoms with Gasteiger partial charge in [-0.3, -0.25) is 9.78 Å². The van der Waals surface area contributed by atoms with Crippen LogP contribution in [0.25, 0.3) is 10.9 Å². The molecule has 1 amide bonds. The van der Waals surface area contributed by atoms with Gasteiger partial charge in [0.05, 0.1) is 11.2 Å². The molecule has 4 nitrogen and oxygen atoms in total. The average molecular weight is 290 g/mol. The summed E-state index contributed by atoms with van der Waals surface area (Å²) < 4.78 is 0. The second-order valence-corrected chi connectivity index (χ2v) is 5.72. The SMILES string of the molecule is NC1CCC(C(=O)Nc2cc(Cl)cc3cccnc23)C1. The molecule has 20 heavy (non-hydrogen) atoms. The first-order valence-electron chi connectivity index (χ1n) is 6.74. The van der Waals surface area contributed by atoms with Crippen molar-refractivity contribution in [2.24, 2.45) is 11.7 Å². The summed E-state index contributed by atoms with van der Waals surface area (Å²) in [5.74, 6) is -0.00471. The van der Waals surface area contributed by atoms with E-state index in [-0.39, 0.29) is 17.9 Å². The Morgan fingerprint density at radius 2 is 2.25 bits per heavy atom. The molecule has 5 heteroatoms. The number of carbonyl (C=O) groups excluding carboxylic acids is 1. The van der Waals surface area contributed by atoms with Gasteiger partial charge >= 0.3 is 0 Å². The van der Waals surface area contributed by atoms with E-state index in [1.165, 1.54) is 0 Å². The summed E-state index contributed by atoms with van der Waals surface area (Å²) in [5, 5.41) is 4.45. The number of hydrogen-bond acceptors (Lipinski definition) is 3. The van der Waals surface area contributed by atoms with Gasteiger partial charge in [0.15, 0.2) is 0 Å². The molecule has 0 saturated heterocycles. The highest BCUT2D eigenvalue weighted by Gasteiger charge is 2.28. The van der Waals surface area contributed by atoms with Crippen LogP contribution in [0.1, 0.15) is 19.3 Å². The Bertz CT molecular complexity index is 659. The molecule has 0 spiro atoms. The van der Waals surface area contributed by atoms with Crippen LogP contribution >= 0.6 is 11.6 Å². The van der Waals surface area contributed by atoms with E-state index < -0.39 is 0 Å². The lowest BCUT2D eigenvalue weighted by molar-refractivity contribution is -0.119. The van der Waals surface area contributed by atoms with E-state index in [1.807, 2.05) is 18.2 Å². The molecular formula is C15H16ClN3O. The van der Waals surface area contributed by atoms with Gasteiger partial charge in [0.25, 0.3) is 0 Å². The predicted octanol–water partition coefficient (Wildman–Crippen LogP) is 2.95. The van der Waals surface area contributed by atoms with Gasteiger partial charge in [-0.1, -0.05) is 17.7 Å². The normalized spacial score (nSPS) is 22.1. The third kappa shape index (κ3) is 2.62. The number of carbonyl (C=O) groups is 1. The van der Waals surface area contributed by atoms with Crippen LogP contribution in [0.2, 0.25) is 5.02 Å². The third-order valence-electron chi connectivity index (χ3n) is 3.77. The van der Waals surface area contributed by atoms with Gasteiger partial charge in [-0.15, -0.1) is 0 Å². The number of halogens is 1. The van der Waals surface area contributed by atoms with Crippen molar-refractivity contribution in [3.05, 3.63) is 35.5 Å². The highest BCUT2D eigenvalue weighted by atomic mass is 35.5. The number of anilines is 1. The Labute approximate surface area is 122 Å². The third-order valence-corrected chi connectivity index (χ3v) is 3.99. The molecule has 1 aromatic carbocycles. The lowest BCUT2D eigenvalue weighted by Crippen LogP contribution is -2.23. The summed E-state index contributed by atoms with van der Waals surface area (Å²) in [5.41, 5.74) is 7.28. The van der Waals surface area contributed by atoms with E-state index >= 15 is 0 Å². The number of fused-ring (bicyclic) bond motifs is 1. The molecule has 0 bridgehead atoms. The summed E-state index contributed by atoms with van der Waals surface area (Å²) in [6.45, 7) is 0. The van der Waals surface area contributed by atoms with E-state index in [0.29, 0.717) is 10.7 Å². The molecule has 1 aromatic heterocycles. The number of aromatic nitrogens is 1. The van der Waals surface area contributed by atoms with Crippen LogP contribution in [-0.4, -0.2) is 16.9 Å². The topological polar surface area (TPSA) is 68.0 Å². The number of nitrogens with two attached hydrogens (primary N) is 1. The van der Waals surface area contributed by atoms with Crippen LogP contribution in [0.3, 0.4) is 0 Å². The number of pyridine rings is 1. The molecule has 1 heterocycles. The van der Waals surface area contributed by atoms with Gasteiger partial charge in [-0.05, 0) is 37.5 Å². The van der Waals surface area contributed by atoms with Crippen molar-refractivity contribution in [3.63, 3.8) is 0 Å². The Morgan fingerprint density at radius 1 is 1.40 bits per heavy atom. The Kier molecular flexibility index (Phi) is 3.59. The number of benzene rings is 1. The van der Waals surface area contributed by atoms with Crippen molar-refractivity contribution < 1.29 is 4.79 Å². The lowest BCUT2D eigenvalue weighted by Gasteiger charge is -2.12. The molecule has 0 aliphatic heterocycles. The van der Waals surface area contributed by atoms with Crippen LogP contribution < -0.4 is 11.1 Å². The van der Waals surface area contributed by atoms with E-state index in [4.69, 9.17) is 17.3 Å². The molecule has 2 aromatic rings. The minimum Gasteiger partial charge on any atom is -0.328 e.